The summed E-state index contributed by atoms with van der Waals surface area (Å²) in [5.41, 5.74) is 2.10. The summed E-state index contributed by atoms with van der Waals surface area (Å²) in [6.07, 6.45) is 3.89. The number of hydrogen-bond acceptors (Lipinski definition) is 5. The molecule has 3 aromatic rings. The van der Waals surface area contributed by atoms with Gasteiger partial charge in [0.2, 0.25) is 0 Å². The van der Waals surface area contributed by atoms with E-state index in [1.807, 2.05) is 19.1 Å². The number of anilines is 1. The first-order chi connectivity index (χ1) is 12.2. The van der Waals surface area contributed by atoms with E-state index < -0.39 is 0 Å². The number of piperidine rings is 1. The van der Waals surface area contributed by atoms with Crippen LogP contribution in [0.3, 0.4) is 0 Å². The minimum absolute atomic E-state index is 0.0578. The molecule has 0 aliphatic carbocycles. The third-order valence-corrected chi connectivity index (χ3v) is 6.73. The molecule has 0 radical (unpaired) electrons. The van der Waals surface area contributed by atoms with Crippen LogP contribution in [0, 0.1) is 6.92 Å². The Hall–Kier alpha value is -1.76. The summed E-state index contributed by atoms with van der Waals surface area (Å²) in [7, 11) is 0. The Labute approximate surface area is 155 Å². The topological polar surface area (TPSA) is 45.2 Å². The highest BCUT2D eigenvalue weighted by Gasteiger charge is 2.17. The molecule has 0 spiro atoms. The Bertz CT molecular complexity index is 893. The van der Waals surface area contributed by atoms with Crippen molar-refractivity contribution in [1.82, 2.24) is 9.88 Å². The van der Waals surface area contributed by atoms with E-state index in [2.05, 4.69) is 32.7 Å². The first kappa shape index (κ1) is 16.7. The molecule has 0 bridgehead atoms. The lowest BCUT2D eigenvalue weighted by atomic mass is 10.1. The molecule has 1 aliphatic rings. The molecular formula is C19H21N3OS2. The molecule has 1 aromatic carbocycles. The zero-order valence-electron chi connectivity index (χ0n) is 14.2. The number of carbonyl (C=O) groups is 1. The Morgan fingerprint density at radius 1 is 1.24 bits per heavy atom. The maximum atomic E-state index is 12.7. The summed E-state index contributed by atoms with van der Waals surface area (Å²) in [5.74, 6) is -0.0578. The summed E-state index contributed by atoms with van der Waals surface area (Å²) in [5, 5.41) is 6.88. The van der Waals surface area contributed by atoms with E-state index in [4.69, 9.17) is 0 Å². The standard InChI is InChI=1S/C19H21N3OS2/c1-13-15-7-3-4-8-16(15)25-17(13)18(23)21-19-20-14(12-24-19)11-22-9-5-2-6-10-22/h3-4,7-8,12H,2,5-6,9-11H2,1H3,(H,20,21,23). The summed E-state index contributed by atoms with van der Waals surface area (Å²) >= 11 is 3.05. The van der Waals surface area contributed by atoms with Crippen LogP contribution in [0.5, 0.6) is 0 Å². The molecule has 1 amide bonds. The number of carbonyl (C=O) groups excluding carboxylic acids is 1. The van der Waals surface area contributed by atoms with E-state index in [0.717, 1.165) is 45.9 Å². The van der Waals surface area contributed by atoms with Crippen LogP contribution in [0.1, 0.15) is 40.2 Å². The number of nitrogens with zero attached hydrogens (tertiary/aromatic N) is 2. The number of aryl methyl sites for hydroxylation is 1. The van der Waals surface area contributed by atoms with Gasteiger partial charge in [-0.1, -0.05) is 24.6 Å². The normalized spacial score (nSPS) is 15.6. The van der Waals surface area contributed by atoms with Gasteiger partial charge < -0.3 is 0 Å². The van der Waals surface area contributed by atoms with Crippen molar-refractivity contribution in [1.29, 1.82) is 0 Å². The largest absolute Gasteiger partial charge is 0.297 e. The van der Waals surface area contributed by atoms with E-state index in [1.165, 1.54) is 30.6 Å². The molecule has 1 saturated heterocycles. The van der Waals surface area contributed by atoms with Crippen molar-refractivity contribution in [3.63, 3.8) is 0 Å². The number of likely N-dealkylation sites (tertiary alicyclic amines) is 1. The van der Waals surface area contributed by atoms with Crippen molar-refractivity contribution < 1.29 is 4.79 Å². The molecule has 2 aromatic heterocycles. The van der Waals surface area contributed by atoms with Gasteiger partial charge in [-0.05, 0) is 49.9 Å². The highest BCUT2D eigenvalue weighted by Crippen LogP contribution is 2.31. The summed E-state index contributed by atoms with van der Waals surface area (Å²) in [4.78, 5) is 20.5. The van der Waals surface area contributed by atoms with Gasteiger partial charge in [-0.25, -0.2) is 4.98 Å². The lowest BCUT2D eigenvalue weighted by Crippen LogP contribution is -2.29. The SMILES string of the molecule is Cc1c(C(=O)Nc2nc(CN3CCCCC3)cs2)sc2ccccc12. The predicted molar refractivity (Wildman–Crippen MR) is 106 cm³/mol. The number of amides is 1. The molecule has 4 rings (SSSR count). The fourth-order valence-corrected chi connectivity index (χ4v) is 5.13. The molecule has 3 heterocycles. The third kappa shape index (κ3) is 3.61. The second-order valence-electron chi connectivity index (χ2n) is 6.49. The van der Waals surface area contributed by atoms with Crippen LogP contribution < -0.4 is 5.32 Å². The Kier molecular flexibility index (Phi) is 4.83. The minimum atomic E-state index is -0.0578. The number of thiazole rings is 1. The molecule has 1 aliphatic heterocycles. The summed E-state index contributed by atoms with van der Waals surface area (Å²) in [6, 6.07) is 8.15. The zero-order chi connectivity index (χ0) is 17.2. The van der Waals surface area contributed by atoms with Gasteiger partial charge in [-0.3, -0.25) is 15.0 Å². The zero-order valence-corrected chi connectivity index (χ0v) is 15.9. The first-order valence-electron chi connectivity index (χ1n) is 8.67. The van der Waals surface area contributed by atoms with Crippen LogP contribution in [0.4, 0.5) is 5.13 Å². The van der Waals surface area contributed by atoms with Crippen molar-refractivity contribution in [2.45, 2.75) is 32.7 Å². The van der Waals surface area contributed by atoms with Gasteiger partial charge in [0.05, 0.1) is 10.6 Å². The molecule has 0 unspecified atom stereocenters. The molecular weight excluding hydrogens is 350 g/mol. The van der Waals surface area contributed by atoms with Crippen molar-refractivity contribution in [3.05, 3.63) is 45.8 Å². The second kappa shape index (κ2) is 7.23. The molecule has 1 fully saturated rings. The van der Waals surface area contributed by atoms with Gasteiger partial charge in [-0.2, -0.15) is 0 Å². The van der Waals surface area contributed by atoms with Crippen LogP contribution in [0.2, 0.25) is 0 Å². The number of aromatic nitrogens is 1. The first-order valence-corrected chi connectivity index (χ1v) is 10.4. The van der Waals surface area contributed by atoms with Gasteiger partial charge in [0.15, 0.2) is 5.13 Å². The Balaban J connectivity index is 1.46. The fourth-order valence-electron chi connectivity index (χ4n) is 3.33. The molecule has 0 atom stereocenters. The maximum Gasteiger partial charge on any atom is 0.267 e. The molecule has 1 N–H and O–H groups in total. The van der Waals surface area contributed by atoms with Gasteiger partial charge in [-0.15, -0.1) is 22.7 Å². The minimum Gasteiger partial charge on any atom is -0.297 e. The van der Waals surface area contributed by atoms with Gasteiger partial charge in [0, 0.05) is 16.6 Å². The van der Waals surface area contributed by atoms with E-state index in [1.54, 1.807) is 11.3 Å². The van der Waals surface area contributed by atoms with E-state index >= 15 is 0 Å². The highest BCUT2D eigenvalue weighted by molar-refractivity contribution is 7.21. The molecule has 6 heteroatoms. The van der Waals surface area contributed by atoms with Crippen LogP contribution in [-0.4, -0.2) is 28.9 Å². The van der Waals surface area contributed by atoms with E-state index in [-0.39, 0.29) is 5.91 Å². The van der Waals surface area contributed by atoms with Crippen LogP contribution >= 0.6 is 22.7 Å². The second-order valence-corrected chi connectivity index (χ2v) is 8.40. The fraction of sp³-hybridized carbons (Fsp3) is 0.368. The Morgan fingerprint density at radius 3 is 2.84 bits per heavy atom. The number of rotatable bonds is 4. The number of thiophene rings is 1. The van der Waals surface area contributed by atoms with E-state index in [0.29, 0.717) is 5.13 Å². The lowest BCUT2D eigenvalue weighted by Gasteiger charge is -2.25. The van der Waals surface area contributed by atoms with Crippen molar-refractivity contribution in [2.75, 3.05) is 18.4 Å². The van der Waals surface area contributed by atoms with Crippen LogP contribution in [0.25, 0.3) is 10.1 Å². The highest BCUT2D eigenvalue weighted by atomic mass is 32.1. The lowest BCUT2D eigenvalue weighted by molar-refractivity contribution is 0.103. The van der Waals surface area contributed by atoms with Crippen molar-refractivity contribution in [2.24, 2.45) is 0 Å². The molecule has 0 saturated carbocycles. The number of nitrogens with one attached hydrogen (secondary N) is 1. The number of hydrogen-bond donors (Lipinski definition) is 1. The van der Waals surface area contributed by atoms with Gasteiger partial charge >= 0.3 is 0 Å². The number of benzene rings is 1. The molecule has 4 nitrogen and oxygen atoms in total. The smallest absolute Gasteiger partial charge is 0.267 e. The average Bonchev–Trinajstić information content (AvgIpc) is 3.20. The maximum absolute atomic E-state index is 12.7. The molecule has 130 valence electrons. The summed E-state index contributed by atoms with van der Waals surface area (Å²) in [6.45, 7) is 5.20. The quantitative estimate of drug-likeness (QED) is 0.709. The van der Waals surface area contributed by atoms with Gasteiger partial charge in [0.25, 0.3) is 5.91 Å². The van der Waals surface area contributed by atoms with Gasteiger partial charge in [0.1, 0.15) is 0 Å². The van der Waals surface area contributed by atoms with Crippen molar-refractivity contribution >= 4 is 43.8 Å². The third-order valence-electron chi connectivity index (χ3n) is 4.66. The van der Waals surface area contributed by atoms with Crippen molar-refractivity contribution in [3.8, 4) is 0 Å². The predicted octanol–water partition coefficient (Wildman–Crippen LogP) is 4.90. The Morgan fingerprint density at radius 2 is 2.04 bits per heavy atom. The summed E-state index contributed by atoms with van der Waals surface area (Å²) < 4.78 is 1.15. The molecule has 25 heavy (non-hydrogen) atoms. The number of fused-ring (bicyclic) bond motifs is 1. The van der Waals surface area contributed by atoms with E-state index in [9.17, 15) is 4.79 Å². The average molecular weight is 372 g/mol. The van der Waals surface area contributed by atoms with Crippen LogP contribution in [0.15, 0.2) is 29.6 Å². The van der Waals surface area contributed by atoms with Crippen LogP contribution in [-0.2, 0) is 6.54 Å². The monoisotopic (exact) mass is 371 g/mol.